The van der Waals surface area contributed by atoms with Crippen molar-refractivity contribution in [3.05, 3.63) is 61.2 Å². The van der Waals surface area contributed by atoms with Gasteiger partial charge in [-0.15, -0.1) is 13.2 Å². The van der Waals surface area contributed by atoms with E-state index in [4.69, 9.17) is 9.47 Å². The molecule has 0 radical (unpaired) electrons. The molecule has 1 aromatic carbocycles. The maximum Gasteiger partial charge on any atom is 0.312 e. The number of hydrogen-bond donors (Lipinski definition) is 1. The fourth-order valence-corrected chi connectivity index (χ4v) is 7.14. The Morgan fingerprint density at radius 2 is 1.97 bits per heavy atom. The largest absolute Gasteiger partial charge is 0.465 e. The third kappa shape index (κ3) is 5.33. The van der Waals surface area contributed by atoms with Gasteiger partial charge in [-0.1, -0.05) is 58.4 Å². The lowest BCUT2D eigenvalue weighted by Crippen LogP contribution is -2.56. The van der Waals surface area contributed by atoms with Gasteiger partial charge >= 0.3 is 5.97 Å². The standard InChI is InChI=1S/C29H37BrN2O6/c1-3-5-17-37-28(36)22-23-26(34)32(15-10-7-11-16-33)25(29(23)18-21(30)24(22)38-29)27(35)31(14-4-2)19-20-12-8-6-9-13-20/h3-4,6,8-9,12-13,21-25,33H,1-2,5,7,10-11,14-19H2/t21?,22-,23+,24-,25?,29?/m1/s1. The van der Waals surface area contributed by atoms with Crippen molar-refractivity contribution in [2.75, 3.05) is 26.3 Å². The summed E-state index contributed by atoms with van der Waals surface area (Å²) < 4.78 is 12.0. The minimum absolute atomic E-state index is 0.0712. The molecule has 1 N–H and O–H groups in total. The van der Waals surface area contributed by atoms with Crippen LogP contribution in [0.25, 0.3) is 0 Å². The molecule has 8 nitrogen and oxygen atoms in total. The maximum atomic E-state index is 14.3. The van der Waals surface area contributed by atoms with Crippen molar-refractivity contribution in [2.45, 2.75) is 61.2 Å². The monoisotopic (exact) mass is 588 g/mol. The molecule has 206 valence electrons. The number of carbonyl (C=O) groups excluding carboxylic acids is 3. The Bertz CT molecular complexity index is 1040. The van der Waals surface area contributed by atoms with Crippen LogP contribution in [-0.2, 0) is 30.4 Å². The number of likely N-dealkylation sites (tertiary alicyclic amines) is 1. The molecule has 3 fully saturated rings. The molecule has 3 saturated heterocycles. The molecule has 0 aliphatic carbocycles. The van der Waals surface area contributed by atoms with Crippen LogP contribution in [0.1, 0.15) is 37.7 Å². The predicted octanol–water partition coefficient (Wildman–Crippen LogP) is 3.23. The van der Waals surface area contributed by atoms with Crippen LogP contribution < -0.4 is 0 Å². The van der Waals surface area contributed by atoms with Gasteiger partial charge in [0.25, 0.3) is 0 Å². The molecule has 3 aliphatic heterocycles. The molecule has 1 spiro atoms. The Morgan fingerprint density at radius 1 is 1.21 bits per heavy atom. The Kier molecular flexibility index (Phi) is 9.44. The van der Waals surface area contributed by atoms with E-state index in [9.17, 15) is 19.5 Å². The van der Waals surface area contributed by atoms with Gasteiger partial charge in [0, 0.05) is 31.1 Å². The Balaban J connectivity index is 1.68. The predicted molar refractivity (Wildman–Crippen MR) is 146 cm³/mol. The number of rotatable bonds is 14. The summed E-state index contributed by atoms with van der Waals surface area (Å²) in [6.07, 6.45) is 5.73. The Hall–Kier alpha value is -2.49. The van der Waals surface area contributed by atoms with Gasteiger partial charge in [0.15, 0.2) is 0 Å². The number of ether oxygens (including phenoxy) is 2. The summed E-state index contributed by atoms with van der Waals surface area (Å²) in [4.78, 5) is 44.7. The average Bonchev–Trinajstić information content (AvgIpc) is 3.50. The zero-order chi connectivity index (χ0) is 27.3. The van der Waals surface area contributed by atoms with Crippen LogP contribution in [0.2, 0.25) is 0 Å². The third-order valence-corrected chi connectivity index (χ3v) is 8.64. The van der Waals surface area contributed by atoms with E-state index in [1.165, 1.54) is 0 Å². The number of benzene rings is 1. The molecule has 2 bridgehead atoms. The fraction of sp³-hybridized carbons (Fsp3) is 0.552. The van der Waals surface area contributed by atoms with Crippen molar-refractivity contribution >= 4 is 33.7 Å². The van der Waals surface area contributed by atoms with Crippen LogP contribution in [0.15, 0.2) is 55.6 Å². The number of fused-ring (bicyclic) bond motifs is 1. The molecule has 0 saturated carbocycles. The molecular weight excluding hydrogens is 552 g/mol. The van der Waals surface area contributed by atoms with Gasteiger partial charge in [-0.25, -0.2) is 0 Å². The number of aliphatic hydroxyl groups is 1. The van der Waals surface area contributed by atoms with E-state index < -0.39 is 35.6 Å². The minimum Gasteiger partial charge on any atom is -0.465 e. The van der Waals surface area contributed by atoms with Crippen LogP contribution in [-0.4, -0.2) is 81.6 Å². The van der Waals surface area contributed by atoms with E-state index in [0.29, 0.717) is 45.3 Å². The number of alkyl halides is 1. The molecule has 3 heterocycles. The fourth-order valence-electron chi connectivity index (χ4n) is 6.19. The summed E-state index contributed by atoms with van der Waals surface area (Å²) in [5, 5.41) is 9.22. The molecule has 38 heavy (non-hydrogen) atoms. The van der Waals surface area contributed by atoms with Gasteiger partial charge in [-0.2, -0.15) is 0 Å². The number of amides is 2. The van der Waals surface area contributed by atoms with Crippen LogP contribution in [0.5, 0.6) is 0 Å². The number of aliphatic hydroxyl groups excluding tert-OH is 1. The van der Waals surface area contributed by atoms with Crippen LogP contribution >= 0.6 is 15.9 Å². The molecule has 2 amide bonds. The minimum atomic E-state index is -1.12. The molecule has 6 atom stereocenters. The summed E-state index contributed by atoms with van der Waals surface area (Å²) >= 11 is 3.68. The summed E-state index contributed by atoms with van der Waals surface area (Å²) in [7, 11) is 0. The summed E-state index contributed by atoms with van der Waals surface area (Å²) in [6.45, 7) is 8.79. The second kappa shape index (κ2) is 12.6. The Morgan fingerprint density at radius 3 is 2.66 bits per heavy atom. The van der Waals surface area contributed by atoms with Gasteiger partial charge in [0.2, 0.25) is 11.8 Å². The first-order valence-corrected chi connectivity index (χ1v) is 14.3. The van der Waals surface area contributed by atoms with Gasteiger partial charge in [0.05, 0.1) is 24.5 Å². The highest BCUT2D eigenvalue weighted by molar-refractivity contribution is 9.09. The van der Waals surface area contributed by atoms with Gasteiger partial charge in [-0.3, -0.25) is 14.4 Å². The van der Waals surface area contributed by atoms with Crippen LogP contribution in [0.4, 0.5) is 0 Å². The van der Waals surface area contributed by atoms with E-state index >= 15 is 0 Å². The second-order valence-electron chi connectivity index (χ2n) is 10.2. The summed E-state index contributed by atoms with van der Waals surface area (Å²) in [6, 6.07) is 8.82. The number of nitrogens with zero attached hydrogens (tertiary/aromatic N) is 2. The van der Waals surface area contributed by atoms with E-state index in [0.717, 1.165) is 12.0 Å². The zero-order valence-electron chi connectivity index (χ0n) is 21.7. The molecule has 0 aromatic heterocycles. The number of hydrogen-bond acceptors (Lipinski definition) is 6. The van der Waals surface area contributed by atoms with E-state index in [2.05, 4.69) is 29.1 Å². The first-order chi connectivity index (χ1) is 18.4. The Labute approximate surface area is 232 Å². The van der Waals surface area contributed by atoms with Crippen molar-refractivity contribution in [1.82, 2.24) is 9.80 Å². The van der Waals surface area contributed by atoms with Crippen LogP contribution in [0, 0.1) is 11.8 Å². The number of halogens is 1. The molecule has 4 rings (SSSR count). The quantitative estimate of drug-likeness (QED) is 0.155. The van der Waals surface area contributed by atoms with Crippen molar-refractivity contribution in [1.29, 1.82) is 0 Å². The van der Waals surface area contributed by atoms with Crippen molar-refractivity contribution in [3.63, 3.8) is 0 Å². The number of unbranched alkanes of at least 4 members (excludes halogenated alkanes) is 2. The lowest BCUT2D eigenvalue weighted by molar-refractivity contribution is -0.155. The first-order valence-electron chi connectivity index (χ1n) is 13.3. The van der Waals surface area contributed by atoms with E-state index in [1.54, 1.807) is 22.0 Å². The number of esters is 1. The second-order valence-corrected chi connectivity index (χ2v) is 11.4. The average molecular weight is 590 g/mol. The van der Waals surface area contributed by atoms with E-state index in [1.807, 2.05) is 30.3 Å². The van der Waals surface area contributed by atoms with Crippen molar-refractivity contribution < 1.29 is 29.0 Å². The smallest absolute Gasteiger partial charge is 0.312 e. The molecular formula is C29H37BrN2O6. The highest BCUT2D eigenvalue weighted by atomic mass is 79.9. The van der Waals surface area contributed by atoms with Crippen molar-refractivity contribution in [3.8, 4) is 0 Å². The highest BCUT2D eigenvalue weighted by Gasteiger charge is 2.77. The summed E-state index contributed by atoms with van der Waals surface area (Å²) in [5.74, 6) is -2.50. The number of carbonyl (C=O) groups is 3. The molecule has 3 aliphatic rings. The van der Waals surface area contributed by atoms with Crippen LogP contribution in [0.3, 0.4) is 0 Å². The van der Waals surface area contributed by atoms with Crippen molar-refractivity contribution in [2.24, 2.45) is 11.8 Å². The molecule has 1 aromatic rings. The lowest BCUT2D eigenvalue weighted by Gasteiger charge is -2.37. The first kappa shape index (κ1) is 28.5. The third-order valence-electron chi connectivity index (χ3n) is 7.80. The SMILES string of the molecule is C=CCCOC(=O)[C@H]1[C@@H]2OC3(CC2Br)C(C(=O)N(CC=C)Cc2ccccc2)N(CCCCCO)C(=O)[C@H]13. The van der Waals surface area contributed by atoms with Gasteiger partial charge in [-0.05, 0) is 37.7 Å². The van der Waals surface area contributed by atoms with Gasteiger partial charge < -0.3 is 24.4 Å². The summed E-state index contributed by atoms with van der Waals surface area (Å²) in [5.41, 5.74) is -0.156. The zero-order valence-corrected chi connectivity index (χ0v) is 23.3. The van der Waals surface area contributed by atoms with Gasteiger partial charge in [0.1, 0.15) is 11.6 Å². The molecule has 3 unspecified atom stereocenters. The topological polar surface area (TPSA) is 96.4 Å². The van der Waals surface area contributed by atoms with E-state index in [-0.39, 0.29) is 29.9 Å². The maximum absolute atomic E-state index is 14.3. The molecule has 9 heteroatoms. The highest BCUT2D eigenvalue weighted by Crippen LogP contribution is 2.60. The normalized spacial score (nSPS) is 29.3. The lowest BCUT2D eigenvalue weighted by atomic mass is 9.70.